The summed E-state index contributed by atoms with van der Waals surface area (Å²) < 4.78 is 17.1. The van der Waals surface area contributed by atoms with Gasteiger partial charge in [0.05, 0.1) is 19.9 Å². The quantitative estimate of drug-likeness (QED) is 0.611. The van der Waals surface area contributed by atoms with Crippen LogP contribution in [0.2, 0.25) is 0 Å². The smallest absolute Gasteiger partial charge is 0.222 e. The standard InChI is InChI=1S/C24H31N5O4.ClH/c1-23(2,33-17-8-6-5-7-9-17)22(30)24(25)18-14-20(31-3)21(32-4)15-19(18)29(16-27-24)28-12-10-26-11-13-28;/h5-9,14-16,26H,10-13,25H2,1-4H3;1H. The van der Waals surface area contributed by atoms with Gasteiger partial charge < -0.3 is 19.5 Å². The molecule has 1 atom stereocenters. The SMILES string of the molecule is COc1cc2c(cc1OC)C(N)(C(=O)C(C)(C)Oc1ccccc1)N=CN2N1CCNCC1.Cl. The largest absolute Gasteiger partial charge is 0.493 e. The van der Waals surface area contributed by atoms with Crippen molar-refractivity contribution < 1.29 is 19.0 Å². The molecule has 2 heterocycles. The number of hydrogen-bond acceptors (Lipinski definition) is 9. The molecule has 0 amide bonds. The van der Waals surface area contributed by atoms with Gasteiger partial charge in [0.1, 0.15) is 12.1 Å². The number of aliphatic imine (C=N–C) groups is 1. The Morgan fingerprint density at radius 3 is 2.32 bits per heavy atom. The summed E-state index contributed by atoms with van der Waals surface area (Å²) in [5.41, 5.74) is 5.11. The number of hydrazine groups is 1. The number of piperazine rings is 1. The fourth-order valence-electron chi connectivity index (χ4n) is 4.20. The summed E-state index contributed by atoms with van der Waals surface area (Å²) in [6, 6.07) is 12.8. The normalized spacial score (nSPS) is 20.2. The summed E-state index contributed by atoms with van der Waals surface area (Å²) in [5, 5.41) is 7.43. The minimum atomic E-state index is -1.67. The molecule has 2 aliphatic rings. The van der Waals surface area contributed by atoms with Gasteiger partial charge in [-0.25, -0.2) is 10.0 Å². The van der Waals surface area contributed by atoms with Gasteiger partial charge in [-0.3, -0.25) is 15.5 Å². The number of halogens is 1. The second kappa shape index (κ2) is 10.2. The first-order valence-electron chi connectivity index (χ1n) is 10.9. The maximum atomic E-state index is 13.9. The van der Waals surface area contributed by atoms with E-state index >= 15 is 0 Å². The highest BCUT2D eigenvalue weighted by Gasteiger charge is 2.50. The van der Waals surface area contributed by atoms with Crippen molar-refractivity contribution in [1.29, 1.82) is 0 Å². The van der Waals surface area contributed by atoms with Crippen molar-refractivity contribution in [1.82, 2.24) is 10.3 Å². The van der Waals surface area contributed by atoms with E-state index in [2.05, 4.69) is 15.3 Å². The molecule has 0 aromatic heterocycles. The zero-order valence-corrected chi connectivity index (χ0v) is 20.7. The van der Waals surface area contributed by atoms with Crippen molar-refractivity contribution >= 4 is 30.2 Å². The molecule has 2 aliphatic heterocycles. The van der Waals surface area contributed by atoms with Crippen molar-refractivity contribution in [3.8, 4) is 17.2 Å². The molecule has 2 aromatic carbocycles. The number of methoxy groups -OCH3 is 2. The Morgan fingerprint density at radius 1 is 1.09 bits per heavy atom. The molecule has 1 unspecified atom stereocenters. The molecular weight excluding hydrogens is 458 g/mol. The van der Waals surface area contributed by atoms with Crippen molar-refractivity contribution in [2.75, 3.05) is 45.4 Å². The van der Waals surface area contributed by atoms with E-state index in [4.69, 9.17) is 19.9 Å². The van der Waals surface area contributed by atoms with Gasteiger partial charge >= 0.3 is 0 Å². The third-order valence-corrected chi connectivity index (χ3v) is 5.94. The number of rotatable bonds is 7. The Kier molecular flexibility index (Phi) is 7.72. The average molecular weight is 490 g/mol. The van der Waals surface area contributed by atoms with Crippen LogP contribution in [0.4, 0.5) is 5.69 Å². The number of nitrogens with one attached hydrogen (secondary N) is 1. The molecule has 34 heavy (non-hydrogen) atoms. The van der Waals surface area contributed by atoms with Crippen molar-refractivity contribution in [2.24, 2.45) is 10.7 Å². The Hall–Kier alpha value is -2.85. The van der Waals surface area contributed by atoms with Crippen molar-refractivity contribution in [3.63, 3.8) is 0 Å². The van der Waals surface area contributed by atoms with Crippen LogP contribution in [0.3, 0.4) is 0 Å². The van der Waals surface area contributed by atoms with E-state index < -0.39 is 11.3 Å². The molecule has 0 spiro atoms. The van der Waals surface area contributed by atoms with Crippen molar-refractivity contribution in [3.05, 3.63) is 48.0 Å². The van der Waals surface area contributed by atoms with Crippen LogP contribution in [-0.2, 0) is 10.5 Å². The number of fused-ring (bicyclic) bond motifs is 1. The predicted molar refractivity (Wildman–Crippen MR) is 134 cm³/mol. The molecule has 0 radical (unpaired) electrons. The highest BCUT2D eigenvalue weighted by atomic mass is 35.5. The zero-order chi connectivity index (χ0) is 23.6. The Morgan fingerprint density at radius 2 is 1.71 bits per heavy atom. The number of nitrogens with two attached hydrogens (primary N) is 1. The van der Waals surface area contributed by atoms with Gasteiger partial charge in [-0.2, -0.15) is 0 Å². The molecule has 2 aromatic rings. The number of ether oxygens (including phenoxy) is 3. The Balaban J connectivity index is 0.00000324. The van der Waals surface area contributed by atoms with Gasteiger partial charge in [0.25, 0.3) is 0 Å². The number of hydrogen-bond donors (Lipinski definition) is 2. The van der Waals surface area contributed by atoms with Gasteiger partial charge in [-0.05, 0) is 32.0 Å². The fraction of sp³-hybridized carbons (Fsp3) is 0.417. The maximum Gasteiger partial charge on any atom is 0.222 e. The molecule has 3 N–H and O–H groups in total. The van der Waals surface area contributed by atoms with Crippen LogP contribution in [0, 0.1) is 0 Å². The van der Waals surface area contributed by atoms with Crippen LogP contribution in [0.5, 0.6) is 17.2 Å². The highest BCUT2D eigenvalue weighted by molar-refractivity contribution is 6.01. The number of ketones is 1. The Bertz CT molecular complexity index is 1040. The molecule has 1 saturated heterocycles. The van der Waals surface area contributed by atoms with Crippen LogP contribution >= 0.6 is 12.4 Å². The van der Waals surface area contributed by atoms with E-state index in [1.165, 1.54) is 0 Å². The molecule has 4 rings (SSSR count). The Labute approximate surface area is 206 Å². The maximum absolute atomic E-state index is 13.9. The summed E-state index contributed by atoms with van der Waals surface area (Å²) >= 11 is 0. The minimum Gasteiger partial charge on any atom is -0.493 e. The molecule has 0 bridgehead atoms. The fourth-order valence-corrected chi connectivity index (χ4v) is 4.20. The molecule has 9 nitrogen and oxygen atoms in total. The predicted octanol–water partition coefficient (Wildman–Crippen LogP) is 2.33. The lowest BCUT2D eigenvalue weighted by atomic mass is 9.85. The molecule has 10 heteroatoms. The first-order chi connectivity index (χ1) is 15.8. The lowest BCUT2D eigenvalue weighted by molar-refractivity contribution is -0.137. The summed E-state index contributed by atoms with van der Waals surface area (Å²) in [6.07, 6.45) is 1.62. The second-order valence-corrected chi connectivity index (χ2v) is 8.54. The van der Waals surface area contributed by atoms with Crippen LogP contribution < -0.4 is 30.3 Å². The number of benzene rings is 2. The van der Waals surface area contributed by atoms with Crippen LogP contribution in [0.1, 0.15) is 19.4 Å². The summed E-state index contributed by atoms with van der Waals surface area (Å²) in [4.78, 5) is 18.5. The van der Waals surface area contributed by atoms with Crippen LogP contribution in [0.15, 0.2) is 47.5 Å². The van der Waals surface area contributed by atoms with Crippen LogP contribution in [-0.4, -0.2) is 63.1 Å². The number of Topliss-reactive ketones (excluding diaryl/α,β-unsaturated/α-hetero) is 1. The molecule has 0 aliphatic carbocycles. The second-order valence-electron chi connectivity index (χ2n) is 8.54. The average Bonchev–Trinajstić information content (AvgIpc) is 2.84. The number of carbonyl (C=O) groups excluding carboxylic acids is 1. The lowest BCUT2D eigenvalue weighted by Crippen LogP contribution is -2.59. The first-order valence-corrected chi connectivity index (χ1v) is 10.9. The van der Waals surface area contributed by atoms with E-state index in [9.17, 15) is 4.79 Å². The summed E-state index contributed by atoms with van der Waals surface area (Å²) in [5.74, 6) is 1.22. The van der Waals surface area contributed by atoms with E-state index in [0.717, 1.165) is 31.9 Å². The number of anilines is 1. The molecular formula is C24H32ClN5O4. The van der Waals surface area contributed by atoms with Gasteiger partial charge in [-0.15, -0.1) is 12.4 Å². The summed E-state index contributed by atoms with van der Waals surface area (Å²) in [6.45, 7) is 6.67. The van der Waals surface area contributed by atoms with Crippen LogP contribution in [0.25, 0.3) is 0 Å². The van der Waals surface area contributed by atoms with Gasteiger partial charge in [0.15, 0.2) is 17.1 Å². The zero-order valence-electron chi connectivity index (χ0n) is 19.9. The van der Waals surface area contributed by atoms with E-state index in [1.54, 1.807) is 52.6 Å². The number of nitrogens with zero attached hydrogens (tertiary/aromatic N) is 3. The van der Waals surface area contributed by atoms with Gasteiger partial charge in [0, 0.05) is 37.8 Å². The molecule has 184 valence electrons. The number of para-hydroxylation sites is 1. The van der Waals surface area contributed by atoms with E-state index in [0.29, 0.717) is 22.8 Å². The molecule has 1 fully saturated rings. The van der Waals surface area contributed by atoms with Crippen molar-refractivity contribution in [2.45, 2.75) is 25.1 Å². The highest BCUT2D eigenvalue weighted by Crippen LogP contribution is 2.43. The molecule has 0 saturated carbocycles. The third-order valence-electron chi connectivity index (χ3n) is 5.94. The lowest BCUT2D eigenvalue weighted by Gasteiger charge is -2.43. The van der Waals surface area contributed by atoms with E-state index in [-0.39, 0.29) is 18.2 Å². The van der Waals surface area contributed by atoms with E-state index in [1.807, 2.05) is 29.3 Å². The van der Waals surface area contributed by atoms with Gasteiger partial charge in [0.2, 0.25) is 11.4 Å². The summed E-state index contributed by atoms with van der Waals surface area (Å²) in [7, 11) is 3.13. The topological polar surface area (TPSA) is 102 Å². The minimum absolute atomic E-state index is 0. The number of carbonyl (C=O) groups is 1. The first kappa shape index (κ1) is 25.8. The monoisotopic (exact) mass is 489 g/mol. The van der Waals surface area contributed by atoms with Gasteiger partial charge in [-0.1, -0.05) is 18.2 Å². The third kappa shape index (κ3) is 4.69.